The summed E-state index contributed by atoms with van der Waals surface area (Å²) in [5.74, 6) is 1.40. The van der Waals surface area contributed by atoms with Gasteiger partial charge in [0.1, 0.15) is 16.9 Å². The lowest BCUT2D eigenvalue weighted by Gasteiger charge is -2.31. The molecule has 0 spiro atoms. The summed E-state index contributed by atoms with van der Waals surface area (Å²) in [6.45, 7) is 12.0. The van der Waals surface area contributed by atoms with Gasteiger partial charge >= 0.3 is 0 Å². The third-order valence-corrected chi connectivity index (χ3v) is 8.19. The first-order valence-corrected chi connectivity index (χ1v) is 14.8. The van der Waals surface area contributed by atoms with Crippen molar-refractivity contribution in [1.29, 1.82) is 0 Å². The molecule has 2 fully saturated rings. The van der Waals surface area contributed by atoms with Crippen molar-refractivity contribution in [3.05, 3.63) is 78.6 Å². The summed E-state index contributed by atoms with van der Waals surface area (Å²) in [5.41, 5.74) is 9.77. The van der Waals surface area contributed by atoms with Gasteiger partial charge in [0.05, 0.1) is 11.3 Å². The second-order valence-electron chi connectivity index (χ2n) is 11.8. The molecule has 0 radical (unpaired) electrons. The van der Waals surface area contributed by atoms with Crippen molar-refractivity contribution in [2.45, 2.75) is 31.8 Å². The molecule has 1 unspecified atom stereocenters. The van der Waals surface area contributed by atoms with Crippen LogP contribution in [0.15, 0.2) is 67.4 Å². The predicted octanol–water partition coefficient (Wildman–Crippen LogP) is 3.18. The Morgan fingerprint density at radius 2 is 1.77 bits per heavy atom. The molecule has 2 saturated heterocycles. The first-order valence-electron chi connectivity index (χ1n) is 14.8. The fourth-order valence-corrected chi connectivity index (χ4v) is 5.54. The van der Waals surface area contributed by atoms with E-state index in [1.54, 1.807) is 26.1 Å². The molecule has 11 nitrogen and oxygen atoms in total. The zero-order chi connectivity index (χ0) is 31.4. The lowest BCUT2D eigenvalue weighted by Crippen LogP contribution is -2.46. The van der Waals surface area contributed by atoms with Crippen LogP contribution in [0.2, 0.25) is 0 Å². The molecule has 4 aromatic rings. The lowest BCUT2D eigenvalue weighted by atomic mass is 9.98. The van der Waals surface area contributed by atoms with Crippen LogP contribution in [0.1, 0.15) is 37.4 Å². The molecule has 11 heteroatoms. The highest BCUT2D eigenvalue weighted by Gasteiger charge is 2.25. The van der Waals surface area contributed by atoms with Crippen molar-refractivity contribution < 1.29 is 14.7 Å². The van der Waals surface area contributed by atoms with E-state index in [9.17, 15) is 14.7 Å². The topological polar surface area (TPSA) is 134 Å². The number of piperazine rings is 1. The number of fused-ring (bicyclic) bond motifs is 1. The number of anilines is 1. The number of carbonyl (C=O) groups excluding carboxylic acids is 2. The van der Waals surface area contributed by atoms with E-state index in [2.05, 4.69) is 35.6 Å². The molecule has 3 N–H and O–H groups in total. The normalized spacial score (nSPS) is 17.3. The molecule has 0 bridgehead atoms. The van der Waals surface area contributed by atoms with E-state index in [-0.39, 0.29) is 5.91 Å². The number of nitrogens with two attached hydrogens (primary N) is 1. The summed E-state index contributed by atoms with van der Waals surface area (Å²) < 4.78 is 1.95. The molecule has 5 heterocycles. The van der Waals surface area contributed by atoms with Crippen LogP contribution in [0.4, 0.5) is 5.82 Å². The van der Waals surface area contributed by atoms with E-state index >= 15 is 0 Å². The van der Waals surface area contributed by atoms with Gasteiger partial charge in [0.15, 0.2) is 11.5 Å². The Morgan fingerprint density at radius 3 is 2.39 bits per heavy atom. The monoisotopic (exact) mass is 596 g/mol. The van der Waals surface area contributed by atoms with E-state index in [0.29, 0.717) is 40.0 Å². The van der Waals surface area contributed by atoms with Gasteiger partial charge in [-0.1, -0.05) is 18.7 Å². The zero-order valence-corrected chi connectivity index (χ0v) is 25.6. The van der Waals surface area contributed by atoms with Crippen LogP contribution in [-0.2, 0) is 15.2 Å². The number of aromatic nitrogens is 4. The summed E-state index contributed by atoms with van der Waals surface area (Å²) in [6, 6.07) is 15.6. The Labute approximate surface area is 257 Å². The molecule has 2 aliphatic rings. The Bertz CT molecular complexity index is 1640. The van der Waals surface area contributed by atoms with Crippen molar-refractivity contribution in [2.75, 3.05) is 52.0 Å². The second-order valence-corrected chi connectivity index (χ2v) is 11.8. The molecule has 2 aliphatic heterocycles. The molecule has 6 rings (SSSR count). The van der Waals surface area contributed by atoms with E-state index < -0.39 is 5.60 Å². The molecule has 1 atom stereocenters. The maximum absolute atomic E-state index is 11.1. The molecular weight excluding hydrogens is 556 g/mol. The number of likely N-dealkylation sites (N-methyl/N-ethyl adjacent to an activating group) is 1. The number of nitrogen functional groups attached to an aromatic ring is 1. The third kappa shape index (κ3) is 6.63. The maximum Gasteiger partial charge on any atom is 0.246 e. The number of pyridine rings is 2. The zero-order valence-electron chi connectivity index (χ0n) is 25.6. The van der Waals surface area contributed by atoms with Gasteiger partial charge in [0.2, 0.25) is 12.3 Å². The number of hydrogen-bond acceptors (Lipinski definition) is 8. The van der Waals surface area contributed by atoms with Gasteiger partial charge in [-0.25, -0.2) is 15.0 Å². The number of amides is 2. The standard InChI is InChI=1S/C25H26N6O2.C8H14N2O/c1-25(2,33)21-10-9-20-24(29-21)31(23(28-20)19-4-3-12-27-22(19)26)18-7-5-16(6-8-18)17-11-13-30(14-17)15-32;1-3-8(11)10-6-4-9(2)5-7-10/h3-10,12,15,17,33H,11,13-14H2,1-2H3,(H2,26,27);3H,1,4-7H2,2H3. The summed E-state index contributed by atoms with van der Waals surface area (Å²) in [7, 11) is 2.07. The highest BCUT2D eigenvalue weighted by Crippen LogP contribution is 2.33. The van der Waals surface area contributed by atoms with Gasteiger partial charge in [-0.05, 0) is 75.4 Å². The van der Waals surface area contributed by atoms with Crippen LogP contribution in [0.3, 0.4) is 0 Å². The van der Waals surface area contributed by atoms with Crippen LogP contribution in [0.25, 0.3) is 28.2 Å². The smallest absolute Gasteiger partial charge is 0.246 e. The third-order valence-electron chi connectivity index (χ3n) is 8.19. The number of carbonyl (C=O) groups is 2. The van der Waals surface area contributed by atoms with Crippen LogP contribution >= 0.6 is 0 Å². The number of hydrogen-bond donors (Lipinski definition) is 2. The Kier molecular flexibility index (Phi) is 9.07. The maximum atomic E-state index is 11.1. The quantitative estimate of drug-likeness (QED) is 0.256. The van der Waals surface area contributed by atoms with Crippen molar-refractivity contribution in [3.8, 4) is 17.1 Å². The highest BCUT2D eigenvalue weighted by atomic mass is 16.3. The van der Waals surface area contributed by atoms with E-state index in [1.165, 1.54) is 11.6 Å². The van der Waals surface area contributed by atoms with Gasteiger partial charge in [0.25, 0.3) is 0 Å². The van der Waals surface area contributed by atoms with Gasteiger partial charge in [-0.2, -0.15) is 0 Å². The summed E-state index contributed by atoms with van der Waals surface area (Å²) in [6.07, 6.45) is 4.91. The average Bonchev–Trinajstić information content (AvgIpc) is 3.66. The van der Waals surface area contributed by atoms with Crippen LogP contribution in [0, 0.1) is 0 Å². The Morgan fingerprint density at radius 1 is 1.05 bits per heavy atom. The Balaban J connectivity index is 0.000000296. The first kappa shape index (κ1) is 30.8. The minimum atomic E-state index is -1.09. The van der Waals surface area contributed by atoms with Gasteiger partial charge in [-0.3, -0.25) is 14.2 Å². The molecule has 1 aromatic carbocycles. The van der Waals surface area contributed by atoms with Crippen molar-refractivity contribution in [1.82, 2.24) is 34.2 Å². The molecule has 0 saturated carbocycles. The minimum Gasteiger partial charge on any atom is -0.384 e. The fourth-order valence-electron chi connectivity index (χ4n) is 5.54. The Hall–Kier alpha value is -4.61. The summed E-state index contributed by atoms with van der Waals surface area (Å²) >= 11 is 0. The van der Waals surface area contributed by atoms with Crippen LogP contribution in [-0.4, -0.2) is 98.0 Å². The van der Waals surface area contributed by atoms with E-state index in [4.69, 9.17) is 15.7 Å². The van der Waals surface area contributed by atoms with Crippen molar-refractivity contribution >= 4 is 29.3 Å². The largest absolute Gasteiger partial charge is 0.384 e. The average molecular weight is 597 g/mol. The number of likely N-dealkylation sites (tertiary alicyclic amines) is 1. The number of aliphatic hydroxyl groups is 1. The molecule has 230 valence electrons. The predicted molar refractivity (Wildman–Crippen MR) is 171 cm³/mol. The van der Waals surface area contributed by atoms with E-state index in [1.807, 2.05) is 44.7 Å². The van der Waals surface area contributed by atoms with Crippen LogP contribution < -0.4 is 5.73 Å². The molecular formula is C33H40N8O3. The van der Waals surface area contributed by atoms with Crippen molar-refractivity contribution in [2.24, 2.45) is 0 Å². The number of benzene rings is 1. The molecule has 3 aromatic heterocycles. The van der Waals surface area contributed by atoms with Crippen molar-refractivity contribution in [3.63, 3.8) is 0 Å². The number of imidazole rings is 1. The van der Waals surface area contributed by atoms with Gasteiger partial charge in [0, 0.05) is 57.1 Å². The molecule has 2 amide bonds. The number of nitrogens with zero attached hydrogens (tertiary/aromatic N) is 7. The molecule has 0 aliphatic carbocycles. The first-order chi connectivity index (χ1) is 21.1. The minimum absolute atomic E-state index is 0.0538. The second kappa shape index (κ2) is 12.9. The summed E-state index contributed by atoms with van der Waals surface area (Å²) in [4.78, 5) is 41.8. The van der Waals surface area contributed by atoms with Gasteiger partial charge in [-0.15, -0.1) is 0 Å². The highest BCUT2D eigenvalue weighted by molar-refractivity contribution is 5.87. The summed E-state index contributed by atoms with van der Waals surface area (Å²) in [5, 5.41) is 10.5. The fraction of sp³-hybridized carbons (Fsp3) is 0.364. The molecule has 44 heavy (non-hydrogen) atoms. The van der Waals surface area contributed by atoms with Crippen LogP contribution in [0.5, 0.6) is 0 Å². The lowest BCUT2D eigenvalue weighted by molar-refractivity contribution is -0.127. The van der Waals surface area contributed by atoms with Gasteiger partial charge < -0.3 is 25.5 Å². The SMILES string of the molecule is C=CC(=O)N1CCN(C)CC1.CC(C)(O)c1ccc2nc(-c3cccnc3N)n(-c3ccc(C4CCN(C=O)C4)cc3)c2n1. The van der Waals surface area contributed by atoms with E-state index in [0.717, 1.165) is 57.8 Å². The number of rotatable bonds is 6.